The van der Waals surface area contributed by atoms with Gasteiger partial charge in [0.1, 0.15) is 5.82 Å². The fraction of sp³-hybridized carbons (Fsp3) is 0.235. The van der Waals surface area contributed by atoms with E-state index in [4.69, 9.17) is 5.14 Å². The predicted octanol–water partition coefficient (Wildman–Crippen LogP) is 2.28. The van der Waals surface area contributed by atoms with E-state index in [0.717, 1.165) is 11.1 Å². The first kappa shape index (κ1) is 18.1. The highest BCUT2D eigenvalue weighted by atomic mass is 32.2. The number of carbonyl (C=O) groups is 1. The zero-order chi connectivity index (χ0) is 17.7. The summed E-state index contributed by atoms with van der Waals surface area (Å²) < 4.78 is 35.2. The molecule has 2 rings (SSSR count). The Labute approximate surface area is 140 Å². The number of aryl methyl sites for hydroxylation is 1. The zero-order valence-corrected chi connectivity index (χ0v) is 14.0. The molecule has 24 heavy (non-hydrogen) atoms. The Kier molecular flexibility index (Phi) is 5.69. The van der Waals surface area contributed by atoms with Crippen LogP contribution in [0.1, 0.15) is 30.5 Å². The molecule has 0 aromatic heterocycles. The van der Waals surface area contributed by atoms with Gasteiger partial charge in [-0.1, -0.05) is 24.3 Å². The van der Waals surface area contributed by atoms with Crippen LogP contribution in [0.25, 0.3) is 0 Å². The fourth-order valence-electron chi connectivity index (χ4n) is 2.25. The monoisotopic (exact) mass is 350 g/mol. The molecule has 1 amide bonds. The second-order valence-electron chi connectivity index (χ2n) is 5.53. The summed E-state index contributed by atoms with van der Waals surface area (Å²) in [6.07, 6.45) is 0.743. The largest absolute Gasteiger partial charge is 0.350 e. The Morgan fingerprint density at radius 3 is 2.25 bits per heavy atom. The van der Waals surface area contributed by atoms with E-state index in [2.05, 4.69) is 5.32 Å². The van der Waals surface area contributed by atoms with Crippen molar-refractivity contribution in [2.75, 3.05) is 0 Å². The molecule has 0 spiro atoms. The molecule has 7 heteroatoms. The predicted molar refractivity (Wildman–Crippen MR) is 89.1 cm³/mol. The number of nitrogens with two attached hydrogens (primary N) is 1. The number of halogens is 1. The molecule has 0 fully saturated rings. The minimum Gasteiger partial charge on any atom is -0.350 e. The number of sulfonamides is 1. The van der Waals surface area contributed by atoms with Crippen LogP contribution in [-0.4, -0.2) is 14.3 Å². The minimum atomic E-state index is -3.71. The first-order valence-electron chi connectivity index (χ1n) is 7.42. The smallest absolute Gasteiger partial charge is 0.238 e. The Morgan fingerprint density at radius 1 is 1.12 bits per heavy atom. The molecule has 0 aliphatic heterocycles. The molecular formula is C17H19FN2O3S. The molecule has 2 aromatic carbocycles. The molecular weight excluding hydrogens is 331 g/mol. The van der Waals surface area contributed by atoms with Crippen molar-refractivity contribution in [3.05, 3.63) is 65.5 Å². The van der Waals surface area contributed by atoms with Gasteiger partial charge in [0.05, 0.1) is 10.9 Å². The number of primary sulfonamides is 1. The van der Waals surface area contributed by atoms with Crippen LogP contribution in [0.3, 0.4) is 0 Å². The van der Waals surface area contributed by atoms with Crippen LogP contribution in [-0.2, 0) is 21.2 Å². The Bertz CT molecular complexity index is 803. The number of amides is 1. The van der Waals surface area contributed by atoms with Crippen molar-refractivity contribution in [2.45, 2.75) is 30.7 Å². The van der Waals surface area contributed by atoms with Crippen molar-refractivity contribution >= 4 is 15.9 Å². The van der Waals surface area contributed by atoms with Crippen LogP contribution in [0.15, 0.2) is 53.4 Å². The lowest BCUT2D eigenvalue weighted by molar-refractivity contribution is -0.121. The number of rotatable bonds is 6. The molecule has 0 aliphatic carbocycles. The van der Waals surface area contributed by atoms with Gasteiger partial charge in [0.2, 0.25) is 15.9 Å². The molecule has 0 aliphatic rings. The van der Waals surface area contributed by atoms with Gasteiger partial charge < -0.3 is 5.32 Å². The highest BCUT2D eigenvalue weighted by Crippen LogP contribution is 2.14. The van der Waals surface area contributed by atoms with Gasteiger partial charge >= 0.3 is 0 Å². The van der Waals surface area contributed by atoms with Gasteiger partial charge in [-0.25, -0.2) is 17.9 Å². The Morgan fingerprint density at radius 2 is 1.71 bits per heavy atom. The maximum Gasteiger partial charge on any atom is 0.238 e. The summed E-state index contributed by atoms with van der Waals surface area (Å²) in [6.45, 7) is 1.83. The van der Waals surface area contributed by atoms with E-state index in [0.29, 0.717) is 6.42 Å². The number of carbonyl (C=O) groups excluding carboxylic acids is 1. The van der Waals surface area contributed by atoms with E-state index in [-0.39, 0.29) is 29.1 Å². The van der Waals surface area contributed by atoms with Crippen molar-refractivity contribution in [3.8, 4) is 0 Å². The maximum atomic E-state index is 12.9. The standard InChI is InChI=1S/C17H19FN2O3S/c1-12(14-5-7-15(18)8-6-14)20-17(21)11-4-13-2-9-16(10-3-13)24(19,22)23/h2-3,5-10,12H,4,11H2,1H3,(H,20,21)(H2,19,22,23)/t12-/m0/s1. The second kappa shape index (κ2) is 7.55. The van der Waals surface area contributed by atoms with Crippen molar-refractivity contribution in [3.63, 3.8) is 0 Å². The van der Waals surface area contributed by atoms with Gasteiger partial charge in [-0.05, 0) is 48.7 Å². The van der Waals surface area contributed by atoms with Crippen molar-refractivity contribution in [1.29, 1.82) is 0 Å². The molecule has 0 bridgehead atoms. The summed E-state index contributed by atoms with van der Waals surface area (Å²) in [4.78, 5) is 12.0. The summed E-state index contributed by atoms with van der Waals surface area (Å²) in [5.74, 6) is -0.456. The lowest BCUT2D eigenvalue weighted by Gasteiger charge is -2.14. The van der Waals surface area contributed by atoms with E-state index in [9.17, 15) is 17.6 Å². The summed E-state index contributed by atoms with van der Waals surface area (Å²) >= 11 is 0. The first-order valence-corrected chi connectivity index (χ1v) is 8.97. The molecule has 5 nitrogen and oxygen atoms in total. The van der Waals surface area contributed by atoms with Crippen molar-refractivity contribution in [2.24, 2.45) is 5.14 Å². The van der Waals surface area contributed by atoms with Gasteiger partial charge in [0.15, 0.2) is 0 Å². The molecule has 3 N–H and O–H groups in total. The molecule has 0 heterocycles. The molecule has 128 valence electrons. The summed E-state index contributed by atoms with van der Waals surface area (Å²) in [7, 11) is -3.71. The summed E-state index contributed by atoms with van der Waals surface area (Å²) in [5.41, 5.74) is 1.66. The number of hydrogen-bond donors (Lipinski definition) is 2. The van der Waals surface area contributed by atoms with Crippen LogP contribution >= 0.6 is 0 Å². The second-order valence-corrected chi connectivity index (χ2v) is 7.09. The molecule has 0 saturated carbocycles. The maximum absolute atomic E-state index is 12.9. The third-order valence-electron chi connectivity index (χ3n) is 3.64. The van der Waals surface area contributed by atoms with Gasteiger partial charge in [0, 0.05) is 6.42 Å². The highest BCUT2D eigenvalue weighted by Gasteiger charge is 2.11. The minimum absolute atomic E-state index is 0.0423. The van der Waals surface area contributed by atoms with Gasteiger partial charge in [-0.15, -0.1) is 0 Å². The van der Waals surface area contributed by atoms with Gasteiger partial charge in [-0.3, -0.25) is 4.79 Å². The van der Waals surface area contributed by atoms with E-state index < -0.39 is 10.0 Å². The quantitative estimate of drug-likeness (QED) is 0.837. The van der Waals surface area contributed by atoms with E-state index >= 15 is 0 Å². The third kappa shape index (κ3) is 5.14. The highest BCUT2D eigenvalue weighted by molar-refractivity contribution is 7.89. The topological polar surface area (TPSA) is 89.3 Å². The third-order valence-corrected chi connectivity index (χ3v) is 4.57. The Balaban J connectivity index is 1.87. The normalized spacial score (nSPS) is 12.6. The molecule has 0 saturated heterocycles. The average Bonchev–Trinajstić information content (AvgIpc) is 2.53. The lowest BCUT2D eigenvalue weighted by atomic mass is 10.1. The van der Waals surface area contributed by atoms with Gasteiger partial charge in [-0.2, -0.15) is 0 Å². The first-order chi connectivity index (χ1) is 11.3. The van der Waals surface area contributed by atoms with Crippen LogP contribution in [0.5, 0.6) is 0 Å². The number of hydrogen-bond acceptors (Lipinski definition) is 3. The van der Waals surface area contributed by atoms with E-state index in [1.54, 1.807) is 24.3 Å². The summed E-state index contributed by atoms with van der Waals surface area (Å²) in [6, 6.07) is 11.9. The van der Waals surface area contributed by atoms with Crippen molar-refractivity contribution < 1.29 is 17.6 Å². The number of benzene rings is 2. The van der Waals surface area contributed by atoms with Crippen LogP contribution in [0.4, 0.5) is 4.39 Å². The molecule has 0 radical (unpaired) electrons. The lowest BCUT2D eigenvalue weighted by Crippen LogP contribution is -2.26. The van der Waals surface area contributed by atoms with E-state index in [1.807, 2.05) is 6.92 Å². The SMILES string of the molecule is C[C@H](NC(=O)CCc1ccc(S(N)(=O)=O)cc1)c1ccc(F)cc1. The summed E-state index contributed by atoms with van der Waals surface area (Å²) in [5, 5.41) is 7.88. The zero-order valence-electron chi connectivity index (χ0n) is 13.2. The van der Waals surface area contributed by atoms with Crippen molar-refractivity contribution in [1.82, 2.24) is 5.32 Å². The van der Waals surface area contributed by atoms with Crippen LogP contribution in [0.2, 0.25) is 0 Å². The van der Waals surface area contributed by atoms with Crippen LogP contribution < -0.4 is 10.5 Å². The van der Waals surface area contributed by atoms with E-state index in [1.165, 1.54) is 24.3 Å². The Hall–Kier alpha value is -2.25. The molecule has 2 aromatic rings. The fourth-order valence-corrected chi connectivity index (χ4v) is 2.77. The molecule has 0 unspecified atom stereocenters. The van der Waals surface area contributed by atoms with Gasteiger partial charge in [0.25, 0.3) is 0 Å². The van der Waals surface area contributed by atoms with Crippen LogP contribution in [0, 0.1) is 5.82 Å². The number of nitrogens with one attached hydrogen (secondary N) is 1. The molecule has 1 atom stereocenters. The average molecular weight is 350 g/mol.